The van der Waals surface area contributed by atoms with Crippen LogP contribution in [0.5, 0.6) is 0 Å². The molecule has 1 aromatic carbocycles. The van der Waals surface area contributed by atoms with Gasteiger partial charge in [-0.05, 0) is 49.8 Å². The second kappa shape index (κ2) is 7.72. The van der Waals surface area contributed by atoms with Crippen LogP contribution in [0.1, 0.15) is 31.2 Å². The van der Waals surface area contributed by atoms with Gasteiger partial charge in [0.2, 0.25) is 0 Å². The molecule has 2 heterocycles. The Morgan fingerprint density at radius 2 is 1.71 bits per heavy atom. The van der Waals surface area contributed by atoms with Crippen molar-refractivity contribution in [2.45, 2.75) is 32.3 Å². The van der Waals surface area contributed by atoms with E-state index >= 15 is 0 Å². The van der Waals surface area contributed by atoms with E-state index in [4.69, 9.17) is 11.2 Å². The lowest BCUT2D eigenvalue weighted by atomic mass is 9.71. The summed E-state index contributed by atoms with van der Waals surface area (Å²) >= 11 is 0. The molecule has 3 rings (SSSR count). The van der Waals surface area contributed by atoms with Crippen molar-refractivity contribution in [3.05, 3.63) is 35.9 Å². The van der Waals surface area contributed by atoms with Crippen molar-refractivity contribution in [1.29, 1.82) is 0 Å². The molecule has 1 aromatic rings. The monoisotopic (exact) mass is 326 g/mol. The van der Waals surface area contributed by atoms with Gasteiger partial charge in [-0.15, -0.1) is 6.42 Å². The Bertz CT molecular complexity index is 575. The Kier molecular flexibility index (Phi) is 5.42. The van der Waals surface area contributed by atoms with Crippen molar-refractivity contribution in [3.8, 4) is 12.3 Å². The first kappa shape index (κ1) is 16.9. The minimum atomic E-state index is -0.182. The van der Waals surface area contributed by atoms with E-state index in [1.807, 2.05) is 35.2 Å². The summed E-state index contributed by atoms with van der Waals surface area (Å²) < 4.78 is 5.45. The van der Waals surface area contributed by atoms with Crippen LogP contribution in [0, 0.1) is 17.8 Å². The first-order valence-electron chi connectivity index (χ1n) is 8.82. The predicted octanol–water partition coefficient (Wildman–Crippen LogP) is 3.13. The van der Waals surface area contributed by atoms with Crippen LogP contribution < -0.4 is 0 Å². The van der Waals surface area contributed by atoms with Crippen LogP contribution in [0.25, 0.3) is 0 Å². The Morgan fingerprint density at radius 3 is 2.33 bits per heavy atom. The molecule has 128 valence electrons. The Morgan fingerprint density at radius 1 is 1.08 bits per heavy atom. The normalized spacial score (nSPS) is 20.5. The van der Waals surface area contributed by atoms with Crippen molar-refractivity contribution in [1.82, 2.24) is 9.80 Å². The van der Waals surface area contributed by atoms with E-state index in [0.717, 1.165) is 51.1 Å². The molecule has 2 saturated heterocycles. The highest BCUT2D eigenvalue weighted by Gasteiger charge is 2.38. The van der Waals surface area contributed by atoms with Crippen LogP contribution >= 0.6 is 0 Å². The number of terminal acetylenes is 1. The topological polar surface area (TPSA) is 32.8 Å². The summed E-state index contributed by atoms with van der Waals surface area (Å²) in [7, 11) is 0. The van der Waals surface area contributed by atoms with Crippen LogP contribution in [-0.2, 0) is 11.3 Å². The van der Waals surface area contributed by atoms with E-state index in [9.17, 15) is 4.79 Å². The number of piperidine rings is 2. The molecular weight excluding hydrogens is 300 g/mol. The number of benzene rings is 1. The summed E-state index contributed by atoms with van der Waals surface area (Å²) in [5, 5.41) is 0. The maximum atomic E-state index is 12.3. The van der Waals surface area contributed by atoms with Gasteiger partial charge in [-0.3, -0.25) is 4.90 Å². The molecule has 2 aliphatic heterocycles. The van der Waals surface area contributed by atoms with Gasteiger partial charge < -0.3 is 9.64 Å². The van der Waals surface area contributed by atoms with Gasteiger partial charge in [-0.2, -0.15) is 0 Å². The summed E-state index contributed by atoms with van der Waals surface area (Å²) in [4.78, 5) is 16.5. The third-order valence-corrected chi connectivity index (χ3v) is 5.52. The van der Waals surface area contributed by atoms with Gasteiger partial charge in [0.05, 0.1) is 6.54 Å². The average molecular weight is 326 g/mol. The van der Waals surface area contributed by atoms with E-state index < -0.39 is 0 Å². The van der Waals surface area contributed by atoms with E-state index in [0.29, 0.717) is 12.0 Å². The minimum Gasteiger partial charge on any atom is -0.445 e. The molecule has 4 heteroatoms. The van der Waals surface area contributed by atoms with Gasteiger partial charge in [0, 0.05) is 13.1 Å². The molecule has 0 N–H and O–H groups in total. The van der Waals surface area contributed by atoms with Gasteiger partial charge in [0.15, 0.2) is 0 Å². The predicted molar refractivity (Wildman–Crippen MR) is 94.4 cm³/mol. The molecule has 0 unspecified atom stereocenters. The van der Waals surface area contributed by atoms with Gasteiger partial charge in [-0.25, -0.2) is 4.79 Å². The summed E-state index contributed by atoms with van der Waals surface area (Å²) in [5.74, 6) is 2.73. The number of hydrogen-bond donors (Lipinski definition) is 0. The molecule has 2 fully saturated rings. The van der Waals surface area contributed by atoms with Crippen LogP contribution in [0.15, 0.2) is 30.3 Å². The quantitative estimate of drug-likeness (QED) is 0.800. The highest BCUT2D eigenvalue weighted by Crippen LogP contribution is 2.41. The molecular formula is C20H26N2O2. The number of carbonyl (C=O) groups excluding carboxylic acids is 1. The third kappa shape index (κ3) is 4.10. The van der Waals surface area contributed by atoms with Crippen molar-refractivity contribution >= 4 is 6.09 Å². The van der Waals surface area contributed by atoms with Crippen LogP contribution in [-0.4, -0.2) is 48.6 Å². The van der Waals surface area contributed by atoms with E-state index in [2.05, 4.69) is 10.8 Å². The summed E-state index contributed by atoms with van der Waals surface area (Å²) in [6.45, 7) is 4.90. The van der Waals surface area contributed by atoms with Crippen LogP contribution in [0.2, 0.25) is 0 Å². The maximum absolute atomic E-state index is 12.3. The molecule has 0 aliphatic carbocycles. The maximum Gasteiger partial charge on any atom is 0.410 e. The number of ether oxygens (including phenoxy) is 1. The highest BCUT2D eigenvalue weighted by molar-refractivity contribution is 5.67. The summed E-state index contributed by atoms with van der Waals surface area (Å²) in [6.07, 6.45) is 9.77. The SMILES string of the molecule is C#CCN1CCC2(CC1)CCN(C(=O)OCc1ccccc1)CC2. The summed E-state index contributed by atoms with van der Waals surface area (Å²) in [6, 6.07) is 9.83. The van der Waals surface area contributed by atoms with E-state index in [-0.39, 0.29) is 6.09 Å². The minimum absolute atomic E-state index is 0.182. The number of hydrogen-bond acceptors (Lipinski definition) is 3. The van der Waals surface area contributed by atoms with Crippen LogP contribution in [0.4, 0.5) is 4.79 Å². The molecule has 0 aromatic heterocycles. The van der Waals surface area contributed by atoms with Gasteiger partial charge in [0.1, 0.15) is 6.61 Å². The number of rotatable bonds is 3. The lowest BCUT2D eigenvalue weighted by Crippen LogP contribution is -2.48. The van der Waals surface area contributed by atoms with Gasteiger partial charge >= 0.3 is 6.09 Å². The zero-order valence-corrected chi connectivity index (χ0v) is 14.2. The Hall–Kier alpha value is -1.99. The zero-order chi connectivity index (χ0) is 16.8. The molecule has 1 spiro atoms. The van der Waals surface area contributed by atoms with Crippen LogP contribution in [0.3, 0.4) is 0 Å². The number of likely N-dealkylation sites (tertiary alicyclic amines) is 2. The van der Waals surface area contributed by atoms with E-state index in [1.165, 1.54) is 12.8 Å². The number of nitrogens with zero attached hydrogens (tertiary/aromatic N) is 2. The first-order valence-corrected chi connectivity index (χ1v) is 8.82. The van der Waals surface area contributed by atoms with Gasteiger partial charge in [-0.1, -0.05) is 36.3 Å². The van der Waals surface area contributed by atoms with Gasteiger partial charge in [0.25, 0.3) is 0 Å². The van der Waals surface area contributed by atoms with E-state index in [1.54, 1.807) is 0 Å². The van der Waals surface area contributed by atoms with Crippen molar-refractivity contribution in [2.75, 3.05) is 32.7 Å². The Balaban J connectivity index is 1.43. The molecule has 1 amide bonds. The number of carbonyl (C=O) groups is 1. The van der Waals surface area contributed by atoms with Crippen molar-refractivity contribution < 1.29 is 9.53 Å². The fraction of sp³-hybridized carbons (Fsp3) is 0.550. The lowest BCUT2D eigenvalue weighted by Gasteiger charge is -2.46. The second-order valence-corrected chi connectivity index (χ2v) is 7.01. The standard InChI is InChI=1S/C20H26N2O2/c1-2-12-21-13-8-20(9-14-21)10-15-22(16-11-20)19(23)24-17-18-6-4-3-5-7-18/h1,3-7H,8-17H2. The molecule has 2 aliphatic rings. The summed E-state index contributed by atoms with van der Waals surface area (Å²) in [5.41, 5.74) is 1.43. The molecule has 0 bridgehead atoms. The molecule has 0 atom stereocenters. The molecule has 0 radical (unpaired) electrons. The largest absolute Gasteiger partial charge is 0.445 e. The molecule has 0 saturated carbocycles. The molecule has 4 nitrogen and oxygen atoms in total. The zero-order valence-electron chi connectivity index (χ0n) is 14.2. The fourth-order valence-corrected chi connectivity index (χ4v) is 3.79. The fourth-order valence-electron chi connectivity index (χ4n) is 3.79. The first-order chi connectivity index (χ1) is 11.7. The third-order valence-electron chi connectivity index (χ3n) is 5.52. The Labute approximate surface area is 144 Å². The average Bonchev–Trinajstić information content (AvgIpc) is 2.64. The highest BCUT2D eigenvalue weighted by atomic mass is 16.6. The smallest absolute Gasteiger partial charge is 0.410 e. The molecule has 24 heavy (non-hydrogen) atoms. The second-order valence-electron chi connectivity index (χ2n) is 7.01. The lowest BCUT2D eigenvalue weighted by molar-refractivity contribution is 0.0289. The van der Waals surface area contributed by atoms with Crippen molar-refractivity contribution in [3.63, 3.8) is 0 Å². The number of amides is 1. The van der Waals surface area contributed by atoms with Crippen molar-refractivity contribution in [2.24, 2.45) is 5.41 Å².